The number of allylic oxidation sites excluding steroid dienone is 1. The van der Waals surface area contributed by atoms with Gasteiger partial charge in [-0.1, -0.05) is 25.2 Å². The number of fused-ring (bicyclic) bond motifs is 1. The number of hydrogen-bond acceptors (Lipinski definition) is 3. The molecule has 4 rings (SSSR count). The molecule has 3 atom stereocenters. The molecule has 3 fully saturated rings. The maximum Gasteiger partial charge on any atom is 0.410 e. The fourth-order valence-electron chi connectivity index (χ4n) is 4.19. The highest BCUT2D eigenvalue weighted by Crippen LogP contribution is 2.62. The van der Waals surface area contributed by atoms with Crippen molar-refractivity contribution in [1.82, 2.24) is 9.80 Å². The normalized spacial score (nSPS) is 39.8. The molecule has 0 N–H and O–H groups in total. The lowest BCUT2D eigenvalue weighted by atomic mass is 9.88. The van der Waals surface area contributed by atoms with Gasteiger partial charge in [-0.3, -0.25) is 4.90 Å². The van der Waals surface area contributed by atoms with Crippen LogP contribution in [0.5, 0.6) is 0 Å². The molecule has 1 amide bonds. The first-order valence-corrected chi connectivity index (χ1v) is 7.77. The van der Waals surface area contributed by atoms with Gasteiger partial charge in [0.25, 0.3) is 0 Å². The number of carbonyl (C=O) groups excluding carboxylic acids is 1. The van der Waals surface area contributed by atoms with Gasteiger partial charge in [0.1, 0.15) is 6.61 Å². The summed E-state index contributed by atoms with van der Waals surface area (Å²) in [6.45, 7) is 7.17. The molecule has 0 bridgehead atoms. The molecule has 4 aliphatic rings. The van der Waals surface area contributed by atoms with E-state index in [2.05, 4.69) is 30.1 Å². The van der Waals surface area contributed by atoms with Crippen LogP contribution in [0.2, 0.25) is 0 Å². The Hall–Kier alpha value is -1.29. The van der Waals surface area contributed by atoms with Gasteiger partial charge in [-0.25, -0.2) is 4.79 Å². The van der Waals surface area contributed by atoms with Crippen molar-refractivity contribution in [2.75, 3.05) is 32.8 Å². The van der Waals surface area contributed by atoms with E-state index in [0.717, 1.165) is 25.4 Å². The molecule has 0 aromatic carbocycles. The maximum absolute atomic E-state index is 11.6. The van der Waals surface area contributed by atoms with E-state index in [1.54, 1.807) is 0 Å². The lowest BCUT2D eigenvalue weighted by Gasteiger charge is -2.27. The van der Waals surface area contributed by atoms with E-state index in [0.29, 0.717) is 12.0 Å². The Bertz CT molecular complexity index is 499. The van der Waals surface area contributed by atoms with Gasteiger partial charge in [0.05, 0.1) is 12.6 Å². The van der Waals surface area contributed by atoms with E-state index < -0.39 is 0 Å². The number of rotatable bonds is 3. The monoisotopic (exact) mass is 274 g/mol. The molecule has 0 radical (unpaired) electrons. The van der Waals surface area contributed by atoms with Crippen molar-refractivity contribution < 1.29 is 9.53 Å². The van der Waals surface area contributed by atoms with E-state index in [1.807, 2.05) is 4.90 Å². The first kappa shape index (κ1) is 12.5. The molecule has 4 heteroatoms. The highest BCUT2D eigenvalue weighted by Gasteiger charge is 2.60. The molecule has 2 aliphatic heterocycles. The zero-order chi connectivity index (χ0) is 13.7. The molecular weight excluding hydrogens is 252 g/mol. The zero-order valence-electron chi connectivity index (χ0n) is 12.0. The highest BCUT2D eigenvalue weighted by molar-refractivity contribution is 5.70. The van der Waals surface area contributed by atoms with Crippen molar-refractivity contribution in [2.24, 2.45) is 11.3 Å². The topological polar surface area (TPSA) is 32.8 Å². The number of likely N-dealkylation sites (tertiary alicyclic amines) is 1. The predicted octanol–water partition coefficient (Wildman–Crippen LogP) is 2.04. The minimum absolute atomic E-state index is 0.156. The van der Waals surface area contributed by atoms with Gasteiger partial charge in [0.15, 0.2) is 0 Å². The molecule has 2 heterocycles. The molecular formula is C16H22N2O2. The van der Waals surface area contributed by atoms with Crippen molar-refractivity contribution in [2.45, 2.75) is 25.8 Å². The summed E-state index contributed by atoms with van der Waals surface area (Å²) in [5.41, 5.74) is 1.96. The van der Waals surface area contributed by atoms with Crippen LogP contribution in [0.15, 0.2) is 23.8 Å². The number of piperidine rings is 1. The third-order valence-electron chi connectivity index (χ3n) is 5.51. The van der Waals surface area contributed by atoms with Gasteiger partial charge >= 0.3 is 6.09 Å². The SMILES string of the molecule is CCN1CC2CC2(C2=CCC(N3CCOC3=O)C=C2)C1. The van der Waals surface area contributed by atoms with Gasteiger partial charge in [-0.2, -0.15) is 0 Å². The Morgan fingerprint density at radius 2 is 2.40 bits per heavy atom. The lowest BCUT2D eigenvalue weighted by Crippen LogP contribution is -2.35. The molecule has 0 aromatic heterocycles. The van der Waals surface area contributed by atoms with Crippen LogP contribution in [0, 0.1) is 11.3 Å². The molecule has 1 saturated carbocycles. The molecule has 2 aliphatic carbocycles. The van der Waals surface area contributed by atoms with Crippen LogP contribution in [0.4, 0.5) is 4.79 Å². The van der Waals surface area contributed by atoms with Gasteiger partial charge in [0.2, 0.25) is 0 Å². The number of nitrogens with zero attached hydrogens (tertiary/aromatic N) is 2. The van der Waals surface area contributed by atoms with Crippen molar-refractivity contribution >= 4 is 6.09 Å². The fourth-order valence-corrected chi connectivity index (χ4v) is 4.19. The minimum Gasteiger partial charge on any atom is -0.448 e. The molecule has 0 spiro atoms. The molecule has 20 heavy (non-hydrogen) atoms. The van der Waals surface area contributed by atoms with Gasteiger partial charge in [-0.05, 0) is 30.9 Å². The van der Waals surface area contributed by atoms with Crippen LogP contribution in [0.25, 0.3) is 0 Å². The highest BCUT2D eigenvalue weighted by atomic mass is 16.6. The summed E-state index contributed by atoms with van der Waals surface area (Å²) >= 11 is 0. The number of amides is 1. The molecule has 2 saturated heterocycles. The second-order valence-corrected chi connectivity index (χ2v) is 6.51. The second kappa shape index (κ2) is 4.35. The smallest absolute Gasteiger partial charge is 0.410 e. The summed E-state index contributed by atoms with van der Waals surface area (Å²) < 4.78 is 5.03. The maximum atomic E-state index is 11.6. The van der Waals surface area contributed by atoms with Gasteiger partial charge < -0.3 is 9.64 Å². The average molecular weight is 274 g/mol. The summed E-state index contributed by atoms with van der Waals surface area (Å²) in [7, 11) is 0. The van der Waals surface area contributed by atoms with Crippen molar-refractivity contribution in [3.63, 3.8) is 0 Å². The number of hydrogen-bond donors (Lipinski definition) is 0. The number of cyclic esters (lactones) is 1. The average Bonchev–Trinajstić information content (AvgIpc) is 2.84. The van der Waals surface area contributed by atoms with Gasteiger partial charge in [-0.15, -0.1) is 0 Å². The molecule has 4 nitrogen and oxygen atoms in total. The summed E-state index contributed by atoms with van der Waals surface area (Å²) in [5.74, 6) is 0.867. The summed E-state index contributed by atoms with van der Waals surface area (Å²) in [4.78, 5) is 16.0. The standard InChI is InChI=1S/C16H22N2O2/c1-2-17-10-13-9-16(13,11-17)12-3-5-14(6-4-12)18-7-8-20-15(18)19/h3-5,13-14H,2,6-11H2,1H3. The molecule has 108 valence electrons. The van der Waals surface area contributed by atoms with E-state index in [-0.39, 0.29) is 12.1 Å². The summed E-state index contributed by atoms with van der Waals surface area (Å²) in [6.07, 6.45) is 9.00. The summed E-state index contributed by atoms with van der Waals surface area (Å²) in [6, 6.07) is 0.200. The Labute approximate surface area is 120 Å². The Morgan fingerprint density at radius 3 is 3.00 bits per heavy atom. The first-order valence-electron chi connectivity index (χ1n) is 7.77. The first-order chi connectivity index (χ1) is 9.73. The Balaban J connectivity index is 1.45. The van der Waals surface area contributed by atoms with Crippen LogP contribution in [0.3, 0.4) is 0 Å². The third kappa shape index (κ3) is 1.74. The Kier molecular flexibility index (Phi) is 2.71. The second-order valence-electron chi connectivity index (χ2n) is 6.51. The molecule has 0 aromatic rings. The number of ether oxygens (including phenoxy) is 1. The quantitative estimate of drug-likeness (QED) is 0.789. The van der Waals surface area contributed by atoms with Crippen LogP contribution in [0.1, 0.15) is 19.8 Å². The predicted molar refractivity (Wildman–Crippen MR) is 76.3 cm³/mol. The third-order valence-corrected chi connectivity index (χ3v) is 5.51. The van der Waals surface area contributed by atoms with Crippen LogP contribution >= 0.6 is 0 Å². The summed E-state index contributed by atoms with van der Waals surface area (Å²) in [5, 5.41) is 0. The molecule has 3 unspecified atom stereocenters. The zero-order valence-corrected chi connectivity index (χ0v) is 12.0. The van der Waals surface area contributed by atoms with Gasteiger partial charge in [0, 0.05) is 18.5 Å². The number of carbonyl (C=O) groups is 1. The fraction of sp³-hybridized carbons (Fsp3) is 0.688. The lowest BCUT2D eigenvalue weighted by molar-refractivity contribution is 0.153. The van der Waals surface area contributed by atoms with Crippen molar-refractivity contribution in [3.05, 3.63) is 23.8 Å². The van der Waals surface area contributed by atoms with E-state index in [9.17, 15) is 4.79 Å². The largest absolute Gasteiger partial charge is 0.448 e. The van der Waals surface area contributed by atoms with Crippen molar-refractivity contribution in [3.8, 4) is 0 Å². The minimum atomic E-state index is -0.156. The Morgan fingerprint density at radius 1 is 1.50 bits per heavy atom. The van der Waals surface area contributed by atoms with E-state index in [4.69, 9.17) is 4.74 Å². The van der Waals surface area contributed by atoms with E-state index in [1.165, 1.54) is 25.1 Å². The van der Waals surface area contributed by atoms with E-state index >= 15 is 0 Å². The van der Waals surface area contributed by atoms with Crippen LogP contribution in [-0.4, -0.2) is 54.7 Å². The van der Waals surface area contributed by atoms with Crippen LogP contribution in [-0.2, 0) is 4.74 Å². The van der Waals surface area contributed by atoms with Crippen molar-refractivity contribution in [1.29, 1.82) is 0 Å². The van der Waals surface area contributed by atoms with Crippen LogP contribution < -0.4 is 0 Å².